The third-order valence-electron chi connectivity index (χ3n) is 5.26. The number of rotatable bonds is 4. The number of amides is 1. The van der Waals surface area contributed by atoms with Crippen molar-refractivity contribution in [3.05, 3.63) is 65.7 Å². The molecule has 1 aliphatic heterocycles. The molecule has 0 unspecified atom stereocenters. The topological polar surface area (TPSA) is 62.1 Å². The molecule has 0 bridgehead atoms. The number of benzene rings is 2. The molecule has 2 heterocycles. The molecule has 1 saturated heterocycles. The lowest BCUT2D eigenvalue weighted by atomic mass is 9.89. The zero-order chi connectivity index (χ0) is 18.1. The fourth-order valence-corrected chi connectivity index (χ4v) is 4.05. The highest BCUT2D eigenvalue weighted by Gasteiger charge is 2.33. The maximum Gasteiger partial charge on any atom is 0.248 e. The van der Waals surface area contributed by atoms with Crippen LogP contribution in [-0.4, -0.2) is 28.9 Å². The van der Waals surface area contributed by atoms with Crippen LogP contribution in [0.15, 0.2) is 54.6 Å². The maximum absolute atomic E-state index is 11.4. The first kappa shape index (κ1) is 17.0. The Kier molecular flexibility index (Phi) is 4.37. The summed E-state index contributed by atoms with van der Waals surface area (Å²) in [6.07, 6.45) is 2.77. The second-order valence-corrected chi connectivity index (χ2v) is 7.92. The Hall–Kier alpha value is -2.46. The molecule has 3 aromatic rings. The van der Waals surface area contributed by atoms with Gasteiger partial charge in [-0.05, 0) is 49.1 Å². The number of nitrogens with two attached hydrogens (primary N) is 1. The Bertz CT molecular complexity index is 927. The molecule has 4 rings (SSSR count). The molecule has 1 aromatic heterocycles. The molecule has 0 atom stereocenters. The number of piperidine rings is 1. The summed E-state index contributed by atoms with van der Waals surface area (Å²) in [4.78, 5) is 17.0. The molecule has 134 valence electrons. The third-order valence-corrected chi connectivity index (χ3v) is 5.77. The molecule has 0 radical (unpaired) electrons. The average Bonchev–Trinajstić information content (AvgIpc) is 3.06. The van der Waals surface area contributed by atoms with Gasteiger partial charge in [-0.3, -0.25) is 4.79 Å². The van der Waals surface area contributed by atoms with Gasteiger partial charge in [-0.1, -0.05) is 30.3 Å². The fourth-order valence-electron chi connectivity index (χ4n) is 3.73. The highest BCUT2D eigenvalue weighted by molar-refractivity contribution is 6.24. The van der Waals surface area contributed by atoms with Crippen LogP contribution in [0.1, 0.15) is 28.8 Å². The first-order chi connectivity index (χ1) is 12.5. The number of aromatic amines is 1. The quantitative estimate of drug-likeness (QED) is 0.682. The molecule has 26 heavy (non-hydrogen) atoms. The van der Waals surface area contributed by atoms with E-state index in [4.69, 9.17) is 17.3 Å². The van der Waals surface area contributed by atoms with Gasteiger partial charge >= 0.3 is 0 Å². The van der Waals surface area contributed by atoms with Crippen LogP contribution in [0.2, 0.25) is 0 Å². The smallest absolute Gasteiger partial charge is 0.248 e. The number of primary amides is 1. The Labute approximate surface area is 157 Å². The molecule has 1 amide bonds. The number of anilines is 1. The standard InChI is InChI=1S/C21H22ClN3O/c22-21(14-15-4-2-1-3-5-15)8-10-25(11-9-21)19-13-17-12-16(20(23)26)6-7-18(17)24-19/h1-7,12-13,24H,8-11,14H2,(H2,23,26). The molecule has 4 nitrogen and oxygen atoms in total. The van der Waals surface area contributed by atoms with Crippen molar-refractivity contribution in [1.82, 2.24) is 4.98 Å². The van der Waals surface area contributed by atoms with Crippen molar-refractivity contribution in [2.75, 3.05) is 18.0 Å². The number of halogens is 1. The Morgan fingerprint density at radius 1 is 1.12 bits per heavy atom. The number of hydrogen-bond acceptors (Lipinski definition) is 2. The van der Waals surface area contributed by atoms with E-state index in [-0.39, 0.29) is 4.87 Å². The van der Waals surface area contributed by atoms with Gasteiger partial charge in [-0.2, -0.15) is 0 Å². The van der Waals surface area contributed by atoms with Gasteiger partial charge in [0.1, 0.15) is 5.82 Å². The summed E-state index contributed by atoms with van der Waals surface area (Å²) in [6.45, 7) is 1.82. The van der Waals surface area contributed by atoms with E-state index in [1.54, 1.807) is 6.07 Å². The van der Waals surface area contributed by atoms with Crippen molar-refractivity contribution in [2.45, 2.75) is 24.1 Å². The van der Waals surface area contributed by atoms with E-state index in [0.29, 0.717) is 5.56 Å². The molecule has 2 aromatic carbocycles. The van der Waals surface area contributed by atoms with Crippen molar-refractivity contribution in [1.29, 1.82) is 0 Å². The summed E-state index contributed by atoms with van der Waals surface area (Å²) in [6, 6.07) is 18.0. The largest absolute Gasteiger partial charge is 0.366 e. The second kappa shape index (κ2) is 6.69. The summed E-state index contributed by atoms with van der Waals surface area (Å²) < 4.78 is 0. The summed E-state index contributed by atoms with van der Waals surface area (Å²) in [5.41, 5.74) is 8.21. The van der Waals surface area contributed by atoms with Crippen LogP contribution in [0.3, 0.4) is 0 Å². The van der Waals surface area contributed by atoms with Gasteiger partial charge in [0.05, 0.1) is 4.87 Å². The van der Waals surface area contributed by atoms with Gasteiger partial charge in [-0.15, -0.1) is 11.6 Å². The van der Waals surface area contributed by atoms with E-state index in [1.807, 2.05) is 18.2 Å². The van der Waals surface area contributed by atoms with E-state index in [9.17, 15) is 4.79 Å². The predicted octanol–water partition coefficient (Wildman–Crippen LogP) is 4.09. The highest BCUT2D eigenvalue weighted by Crippen LogP contribution is 2.35. The van der Waals surface area contributed by atoms with E-state index in [0.717, 1.165) is 49.1 Å². The van der Waals surface area contributed by atoms with Crippen molar-refractivity contribution in [3.8, 4) is 0 Å². The predicted molar refractivity (Wildman–Crippen MR) is 107 cm³/mol. The molecule has 5 heteroatoms. The van der Waals surface area contributed by atoms with Crippen molar-refractivity contribution < 1.29 is 4.79 Å². The Balaban J connectivity index is 1.47. The zero-order valence-corrected chi connectivity index (χ0v) is 15.3. The Morgan fingerprint density at radius 3 is 2.54 bits per heavy atom. The number of alkyl halides is 1. The average molecular weight is 368 g/mol. The van der Waals surface area contributed by atoms with E-state index < -0.39 is 5.91 Å². The highest BCUT2D eigenvalue weighted by atomic mass is 35.5. The van der Waals surface area contributed by atoms with Crippen molar-refractivity contribution in [2.24, 2.45) is 5.73 Å². The first-order valence-corrected chi connectivity index (χ1v) is 9.31. The number of aromatic nitrogens is 1. The van der Waals surface area contributed by atoms with Crippen LogP contribution in [0.25, 0.3) is 10.9 Å². The van der Waals surface area contributed by atoms with Crippen LogP contribution < -0.4 is 10.6 Å². The lowest BCUT2D eigenvalue weighted by molar-refractivity contribution is 0.100. The van der Waals surface area contributed by atoms with Crippen LogP contribution >= 0.6 is 11.6 Å². The number of hydrogen-bond donors (Lipinski definition) is 2. The molecular weight excluding hydrogens is 346 g/mol. The van der Waals surface area contributed by atoms with Gasteiger partial charge in [0, 0.05) is 29.6 Å². The van der Waals surface area contributed by atoms with Crippen LogP contribution in [0.5, 0.6) is 0 Å². The lowest BCUT2D eigenvalue weighted by Crippen LogP contribution is -2.42. The second-order valence-electron chi connectivity index (χ2n) is 7.12. The number of nitrogens with zero attached hydrogens (tertiary/aromatic N) is 1. The summed E-state index contributed by atoms with van der Waals surface area (Å²) in [5.74, 6) is 0.667. The molecule has 3 N–H and O–H groups in total. The number of fused-ring (bicyclic) bond motifs is 1. The summed E-state index contributed by atoms with van der Waals surface area (Å²) in [7, 11) is 0. The first-order valence-electron chi connectivity index (χ1n) is 8.93. The van der Waals surface area contributed by atoms with Gasteiger partial charge in [0.15, 0.2) is 0 Å². The minimum Gasteiger partial charge on any atom is -0.366 e. The van der Waals surface area contributed by atoms with Crippen LogP contribution in [0, 0.1) is 0 Å². The molecule has 0 spiro atoms. The minimum absolute atomic E-state index is 0.178. The van der Waals surface area contributed by atoms with Gasteiger partial charge in [0.2, 0.25) is 5.91 Å². The van der Waals surface area contributed by atoms with Gasteiger partial charge in [-0.25, -0.2) is 0 Å². The lowest BCUT2D eigenvalue weighted by Gasteiger charge is -2.38. The number of carbonyl (C=O) groups excluding carboxylic acids is 1. The van der Waals surface area contributed by atoms with Crippen LogP contribution in [-0.2, 0) is 6.42 Å². The fraction of sp³-hybridized carbons (Fsp3) is 0.286. The monoisotopic (exact) mass is 367 g/mol. The Morgan fingerprint density at radius 2 is 1.85 bits per heavy atom. The van der Waals surface area contributed by atoms with Crippen molar-refractivity contribution in [3.63, 3.8) is 0 Å². The molecule has 1 fully saturated rings. The number of carbonyl (C=O) groups is 1. The van der Waals surface area contributed by atoms with E-state index in [1.165, 1.54) is 5.56 Å². The SMILES string of the molecule is NC(=O)c1ccc2[nH]c(N3CCC(Cl)(Cc4ccccc4)CC3)cc2c1. The molecule has 0 aliphatic carbocycles. The minimum atomic E-state index is -0.402. The van der Waals surface area contributed by atoms with E-state index in [2.05, 4.69) is 40.2 Å². The van der Waals surface area contributed by atoms with Crippen molar-refractivity contribution >= 4 is 34.2 Å². The van der Waals surface area contributed by atoms with Gasteiger partial charge in [0.25, 0.3) is 0 Å². The maximum atomic E-state index is 11.4. The van der Waals surface area contributed by atoms with Crippen LogP contribution in [0.4, 0.5) is 5.82 Å². The number of H-pyrrole nitrogens is 1. The summed E-state index contributed by atoms with van der Waals surface area (Å²) in [5, 5.41) is 1.00. The molecule has 1 aliphatic rings. The summed E-state index contributed by atoms with van der Waals surface area (Å²) >= 11 is 6.91. The van der Waals surface area contributed by atoms with Gasteiger partial charge < -0.3 is 15.6 Å². The normalized spacial score (nSPS) is 16.7. The zero-order valence-electron chi connectivity index (χ0n) is 14.5. The number of nitrogens with one attached hydrogen (secondary N) is 1. The molecule has 0 saturated carbocycles. The third kappa shape index (κ3) is 3.42. The van der Waals surface area contributed by atoms with E-state index >= 15 is 0 Å². The molecular formula is C21H22ClN3O.